The fraction of sp³-hybridized carbons (Fsp3) is 0.190. The van der Waals surface area contributed by atoms with Crippen molar-refractivity contribution in [3.8, 4) is 11.5 Å². The lowest BCUT2D eigenvalue weighted by Crippen LogP contribution is -2.23. The van der Waals surface area contributed by atoms with Crippen LogP contribution >= 0.6 is 11.3 Å². The summed E-state index contributed by atoms with van der Waals surface area (Å²) >= 11 is 1.21. The van der Waals surface area contributed by atoms with E-state index >= 15 is 0 Å². The zero-order valence-corrected chi connectivity index (χ0v) is 17.4. The lowest BCUT2D eigenvalue weighted by molar-refractivity contribution is -0.115. The normalized spacial score (nSPS) is 10.6. The van der Waals surface area contributed by atoms with E-state index in [4.69, 9.17) is 9.47 Å². The number of para-hydroxylation sites is 2. The van der Waals surface area contributed by atoms with Gasteiger partial charge >= 0.3 is 12.6 Å². The van der Waals surface area contributed by atoms with Crippen LogP contribution in [0, 0.1) is 0 Å². The van der Waals surface area contributed by atoms with Crippen molar-refractivity contribution < 1.29 is 32.6 Å². The first-order valence-corrected chi connectivity index (χ1v) is 9.87. The van der Waals surface area contributed by atoms with Gasteiger partial charge in [-0.1, -0.05) is 12.1 Å². The summed E-state index contributed by atoms with van der Waals surface area (Å²) in [5.41, 5.74) is 1.17. The highest BCUT2D eigenvalue weighted by Gasteiger charge is 2.21. The molecule has 1 aromatic heterocycles. The van der Waals surface area contributed by atoms with Crippen molar-refractivity contribution in [2.45, 2.75) is 20.1 Å². The van der Waals surface area contributed by atoms with Crippen LogP contribution in [0.5, 0.6) is 11.5 Å². The van der Waals surface area contributed by atoms with Gasteiger partial charge in [0.05, 0.1) is 24.1 Å². The van der Waals surface area contributed by atoms with Gasteiger partial charge in [-0.25, -0.2) is 9.78 Å². The van der Waals surface area contributed by atoms with E-state index in [1.807, 2.05) is 0 Å². The van der Waals surface area contributed by atoms with Crippen LogP contribution in [0.1, 0.15) is 23.0 Å². The van der Waals surface area contributed by atoms with Gasteiger partial charge in [0.2, 0.25) is 5.91 Å². The van der Waals surface area contributed by atoms with Crippen molar-refractivity contribution in [3.05, 3.63) is 65.2 Å². The Morgan fingerprint density at radius 1 is 1.13 bits per heavy atom. The van der Waals surface area contributed by atoms with Crippen LogP contribution in [0.3, 0.4) is 0 Å². The molecule has 3 aromatic rings. The van der Waals surface area contributed by atoms with Crippen molar-refractivity contribution in [3.63, 3.8) is 0 Å². The number of carbonyl (C=O) groups excluding carboxylic acids is 2. The van der Waals surface area contributed by atoms with Gasteiger partial charge in [0, 0.05) is 12.3 Å². The third kappa shape index (κ3) is 5.54. The lowest BCUT2D eigenvalue weighted by Gasteiger charge is -2.20. The number of aromatic nitrogens is 1. The van der Waals surface area contributed by atoms with Gasteiger partial charge in [-0.2, -0.15) is 8.78 Å². The molecule has 0 unspecified atom stereocenters. The van der Waals surface area contributed by atoms with Gasteiger partial charge in [0.25, 0.3) is 0 Å². The Bertz CT molecular complexity index is 1060. The molecule has 0 N–H and O–H groups in total. The van der Waals surface area contributed by atoms with E-state index in [0.29, 0.717) is 22.3 Å². The number of halogens is 2. The first-order valence-electron chi connectivity index (χ1n) is 8.99. The number of anilines is 2. The van der Waals surface area contributed by atoms with Crippen LogP contribution in [0.15, 0.2) is 53.9 Å². The molecule has 7 nitrogen and oxygen atoms in total. The second-order valence-electron chi connectivity index (χ2n) is 6.13. The van der Waals surface area contributed by atoms with Gasteiger partial charge in [0.1, 0.15) is 18.1 Å². The Kier molecular flexibility index (Phi) is 7.14. The zero-order chi connectivity index (χ0) is 22.4. The Hall–Kier alpha value is -3.53. The number of hydrogen-bond donors (Lipinski definition) is 0. The highest BCUT2D eigenvalue weighted by Crippen LogP contribution is 2.35. The third-order valence-corrected chi connectivity index (χ3v) is 4.91. The number of amides is 1. The predicted octanol–water partition coefficient (Wildman–Crippen LogP) is 4.79. The summed E-state index contributed by atoms with van der Waals surface area (Å²) in [6.07, 6.45) is 0. The number of hydrogen-bond acceptors (Lipinski definition) is 7. The number of esters is 1. The lowest BCUT2D eigenvalue weighted by atomic mass is 10.2. The van der Waals surface area contributed by atoms with Crippen LogP contribution in [0.25, 0.3) is 0 Å². The molecule has 0 aliphatic heterocycles. The summed E-state index contributed by atoms with van der Waals surface area (Å²) in [7, 11) is 1.51. The minimum absolute atomic E-state index is 0.0589. The Morgan fingerprint density at radius 2 is 1.84 bits per heavy atom. The van der Waals surface area contributed by atoms with E-state index in [1.165, 1.54) is 54.5 Å². The number of rotatable bonds is 8. The fourth-order valence-electron chi connectivity index (χ4n) is 2.68. The largest absolute Gasteiger partial charge is 0.495 e. The van der Waals surface area contributed by atoms with Crippen LogP contribution in [0.2, 0.25) is 0 Å². The van der Waals surface area contributed by atoms with E-state index in [-0.39, 0.29) is 23.8 Å². The molecular weight excluding hydrogens is 430 g/mol. The Labute approximate surface area is 180 Å². The van der Waals surface area contributed by atoms with Crippen molar-refractivity contribution >= 4 is 34.0 Å². The van der Waals surface area contributed by atoms with Crippen LogP contribution in [-0.2, 0) is 16.1 Å². The minimum Gasteiger partial charge on any atom is -0.495 e. The number of methoxy groups -OCH3 is 1. The summed E-state index contributed by atoms with van der Waals surface area (Å²) in [6, 6.07) is 12.2. The molecule has 1 amide bonds. The van der Waals surface area contributed by atoms with Crippen molar-refractivity contribution in [2.75, 3.05) is 12.0 Å². The molecule has 0 aliphatic rings. The summed E-state index contributed by atoms with van der Waals surface area (Å²) < 4.78 is 39.2. The first kappa shape index (κ1) is 22.2. The van der Waals surface area contributed by atoms with Crippen LogP contribution in [0.4, 0.5) is 19.6 Å². The summed E-state index contributed by atoms with van der Waals surface area (Å²) in [6.45, 7) is -1.65. The quantitative estimate of drug-likeness (QED) is 0.461. The summed E-state index contributed by atoms with van der Waals surface area (Å²) in [5.74, 6) is -0.448. The van der Waals surface area contributed by atoms with Crippen LogP contribution in [-0.4, -0.2) is 30.6 Å². The van der Waals surface area contributed by atoms with Crippen molar-refractivity contribution in [2.24, 2.45) is 0 Å². The van der Waals surface area contributed by atoms with E-state index in [1.54, 1.807) is 29.6 Å². The SMILES string of the molecule is COc1ccccc1N(C(C)=O)c1nc(COC(=O)c2ccc(OC(F)F)cc2)cs1. The molecule has 0 atom stereocenters. The molecule has 0 saturated carbocycles. The fourth-order valence-corrected chi connectivity index (χ4v) is 3.55. The molecule has 3 rings (SSSR count). The van der Waals surface area contributed by atoms with Gasteiger partial charge in [0.15, 0.2) is 5.13 Å². The molecule has 162 valence electrons. The molecule has 2 aromatic carbocycles. The molecular formula is C21H18F2N2O5S. The molecule has 0 spiro atoms. The monoisotopic (exact) mass is 448 g/mol. The van der Waals surface area contributed by atoms with Crippen molar-refractivity contribution in [1.82, 2.24) is 4.98 Å². The average Bonchev–Trinajstić information content (AvgIpc) is 3.20. The topological polar surface area (TPSA) is 78.0 Å². The number of carbonyl (C=O) groups is 2. The van der Waals surface area contributed by atoms with E-state index in [2.05, 4.69) is 9.72 Å². The third-order valence-electron chi connectivity index (χ3n) is 4.04. The van der Waals surface area contributed by atoms with E-state index in [0.717, 1.165) is 0 Å². The summed E-state index contributed by atoms with van der Waals surface area (Å²) in [5, 5.41) is 2.07. The van der Waals surface area contributed by atoms with Gasteiger partial charge < -0.3 is 14.2 Å². The maximum absolute atomic E-state index is 12.3. The highest BCUT2D eigenvalue weighted by atomic mass is 32.1. The molecule has 0 fully saturated rings. The molecule has 31 heavy (non-hydrogen) atoms. The number of ether oxygens (including phenoxy) is 3. The minimum atomic E-state index is -2.94. The van der Waals surface area contributed by atoms with Gasteiger partial charge in [-0.15, -0.1) is 11.3 Å². The maximum atomic E-state index is 12.3. The smallest absolute Gasteiger partial charge is 0.387 e. The molecule has 0 radical (unpaired) electrons. The van der Waals surface area contributed by atoms with Gasteiger partial charge in [-0.3, -0.25) is 9.69 Å². The standard InChI is InChI=1S/C21H18F2N2O5S/c1-13(26)25(17-5-3-4-6-18(17)28-2)21-24-15(12-31-21)11-29-19(27)14-7-9-16(10-8-14)30-20(22)23/h3-10,12,20H,11H2,1-2H3. The first-order chi connectivity index (χ1) is 14.9. The second kappa shape index (κ2) is 9.98. The number of nitrogens with zero attached hydrogens (tertiary/aromatic N) is 2. The summed E-state index contributed by atoms with van der Waals surface area (Å²) in [4.78, 5) is 30.2. The molecule has 1 heterocycles. The second-order valence-corrected chi connectivity index (χ2v) is 6.96. The Balaban J connectivity index is 1.69. The molecule has 10 heteroatoms. The van der Waals surface area contributed by atoms with E-state index in [9.17, 15) is 18.4 Å². The van der Waals surface area contributed by atoms with Crippen LogP contribution < -0.4 is 14.4 Å². The number of alkyl halides is 2. The van der Waals surface area contributed by atoms with Gasteiger partial charge in [-0.05, 0) is 36.4 Å². The average molecular weight is 448 g/mol. The van der Waals surface area contributed by atoms with Crippen molar-refractivity contribution in [1.29, 1.82) is 0 Å². The molecule has 0 aliphatic carbocycles. The number of thiazole rings is 1. The Morgan fingerprint density at radius 3 is 2.48 bits per heavy atom. The number of benzene rings is 2. The predicted molar refractivity (Wildman–Crippen MR) is 110 cm³/mol. The van der Waals surface area contributed by atoms with E-state index < -0.39 is 12.6 Å². The highest BCUT2D eigenvalue weighted by molar-refractivity contribution is 7.14. The molecule has 0 bridgehead atoms. The zero-order valence-electron chi connectivity index (χ0n) is 16.6. The maximum Gasteiger partial charge on any atom is 0.387 e. The molecule has 0 saturated heterocycles.